The van der Waals surface area contributed by atoms with Crippen LogP contribution in [0.15, 0.2) is 54.1 Å². The van der Waals surface area contributed by atoms with Crippen LogP contribution in [0.1, 0.15) is 64.1 Å². The van der Waals surface area contributed by atoms with E-state index >= 15 is 0 Å². The molecule has 0 aromatic heterocycles. The predicted molar refractivity (Wildman–Crippen MR) is 124 cm³/mol. The van der Waals surface area contributed by atoms with E-state index < -0.39 is 0 Å². The van der Waals surface area contributed by atoms with Gasteiger partial charge in [-0.2, -0.15) is 0 Å². The molecule has 2 atom stereocenters. The minimum absolute atomic E-state index is 0.154. The number of fused-ring (bicyclic) bond motifs is 7. The molecule has 2 aromatic rings. The molecule has 2 aromatic carbocycles. The van der Waals surface area contributed by atoms with Gasteiger partial charge >= 0.3 is 0 Å². The van der Waals surface area contributed by atoms with E-state index in [0.29, 0.717) is 18.1 Å². The zero-order chi connectivity index (χ0) is 20.5. The third-order valence-electron chi connectivity index (χ3n) is 7.76. The Morgan fingerprint density at radius 1 is 0.903 bits per heavy atom. The highest BCUT2D eigenvalue weighted by atomic mass is 16.5. The average molecular weight is 405 g/mol. The van der Waals surface area contributed by atoms with Crippen LogP contribution >= 0.6 is 0 Å². The van der Waals surface area contributed by atoms with Gasteiger partial charge < -0.3 is 4.74 Å². The molecule has 2 nitrogen and oxygen atoms in total. The van der Waals surface area contributed by atoms with Crippen molar-refractivity contribution in [2.24, 2.45) is 0 Å². The van der Waals surface area contributed by atoms with Gasteiger partial charge in [-0.25, -0.2) is 0 Å². The first-order chi connectivity index (χ1) is 15.3. The SMILES string of the molecule is O=C1Cc2c(ccc3c2C=CCC3C2Cc3c(ccc4c3C=CC4)O2)C2=C1CCC=C2. The Balaban J connectivity index is 1.29. The van der Waals surface area contributed by atoms with Crippen molar-refractivity contribution in [3.8, 4) is 5.75 Å². The maximum absolute atomic E-state index is 12.9. The number of ether oxygens (including phenoxy) is 1. The van der Waals surface area contributed by atoms with E-state index in [1.807, 2.05) is 0 Å². The number of carbonyl (C=O) groups is 1. The Morgan fingerprint density at radius 2 is 1.84 bits per heavy atom. The maximum atomic E-state index is 12.9. The summed E-state index contributed by atoms with van der Waals surface area (Å²) in [6.07, 6.45) is 19.0. The topological polar surface area (TPSA) is 26.3 Å². The summed E-state index contributed by atoms with van der Waals surface area (Å²) in [7, 11) is 0. The first kappa shape index (κ1) is 17.5. The van der Waals surface area contributed by atoms with Gasteiger partial charge in [0, 0.05) is 29.9 Å². The maximum Gasteiger partial charge on any atom is 0.163 e. The van der Waals surface area contributed by atoms with Gasteiger partial charge in [0.05, 0.1) is 0 Å². The second kappa shape index (κ2) is 6.43. The molecular weight excluding hydrogens is 380 g/mol. The van der Waals surface area contributed by atoms with Crippen molar-refractivity contribution in [2.45, 2.75) is 50.5 Å². The van der Waals surface area contributed by atoms with Crippen LogP contribution in [0, 0.1) is 0 Å². The van der Waals surface area contributed by atoms with Crippen molar-refractivity contribution >= 4 is 23.5 Å². The fraction of sp³-hybridized carbons (Fsp3) is 0.276. The molecule has 7 rings (SSSR count). The van der Waals surface area contributed by atoms with Crippen LogP contribution in [0.25, 0.3) is 17.7 Å². The highest BCUT2D eigenvalue weighted by Crippen LogP contribution is 2.46. The molecule has 2 unspecified atom stereocenters. The van der Waals surface area contributed by atoms with Gasteiger partial charge in [0.25, 0.3) is 0 Å². The van der Waals surface area contributed by atoms with E-state index in [0.717, 1.165) is 49.0 Å². The minimum atomic E-state index is 0.154. The van der Waals surface area contributed by atoms with Gasteiger partial charge in [-0.05, 0) is 70.7 Å². The van der Waals surface area contributed by atoms with Crippen LogP contribution in [0.3, 0.4) is 0 Å². The Labute approximate surface area is 182 Å². The first-order valence-electron chi connectivity index (χ1n) is 11.5. The van der Waals surface area contributed by atoms with E-state index in [1.54, 1.807) is 0 Å². The molecule has 0 spiro atoms. The van der Waals surface area contributed by atoms with E-state index in [2.05, 4.69) is 60.7 Å². The summed E-state index contributed by atoms with van der Waals surface area (Å²) in [5.74, 6) is 1.69. The highest BCUT2D eigenvalue weighted by molar-refractivity contribution is 6.10. The van der Waals surface area contributed by atoms with Crippen LogP contribution in [0.2, 0.25) is 0 Å². The third kappa shape index (κ3) is 2.48. The lowest BCUT2D eigenvalue weighted by Crippen LogP contribution is -2.26. The quantitative estimate of drug-likeness (QED) is 0.584. The van der Waals surface area contributed by atoms with E-state index in [1.165, 1.54) is 38.9 Å². The van der Waals surface area contributed by atoms with Crippen molar-refractivity contribution in [1.82, 2.24) is 0 Å². The number of allylic oxidation sites excluding steroid dienone is 6. The summed E-state index contributed by atoms with van der Waals surface area (Å²) < 4.78 is 6.52. The summed E-state index contributed by atoms with van der Waals surface area (Å²) in [5.41, 5.74) is 11.4. The Morgan fingerprint density at radius 3 is 2.81 bits per heavy atom. The number of hydrogen-bond acceptors (Lipinski definition) is 2. The fourth-order valence-electron chi connectivity index (χ4n) is 6.26. The monoisotopic (exact) mass is 404 g/mol. The molecule has 0 N–H and O–H groups in total. The molecule has 0 saturated heterocycles. The second-order valence-corrected chi connectivity index (χ2v) is 9.35. The molecule has 31 heavy (non-hydrogen) atoms. The predicted octanol–water partition coefficient (Wildman–Crippen LogP) is 5.99. The summed E-state index contributed by atoms with van der Waals surface area (Å²) in [4.78, 5) is 12.9. The Kier molecular flexibility index (Phi) is 3.64. The van der Waals surface area contributed by atoms with Gasteiger partial charge in [0.2, 0.25) is 0 Å². The number of carbonyl (C=O) groups excluding carboxylic acids is 1. The van der Waals surface area contributed by atoms with Crippen molar-refractivity contribution < 1.29 is 9.53 Å². The number of ketones is 1. The Bertz CT molecular complexity index is 1280. The molecule has 4 aliphatic carbocycles. The lowest BCUT2D eigenvalue weighted by Gasteiger charge is -2.31. The number of benzene rings is 2. The Hall–Kier alpha value is -3.13. The van der Waals surface area contributed by atoms with E-state index in [9.17, 15) is 4.79 Å². The van der Waals surface area contributed by atoms with Gasteiger partial charge in [-0.1, -0.05) is 54.7 Å². The first-order valence-corrected chi connectivity index (χ1v) is 11.5. The third-order valence-corrected chi connectivity index (χ3v) is 7.76. The van der Waals surface area contributed by atoms with Crippen molar-refractivity contribution in [3.63, 3.8) is 0 Å². The number of hydrogen-bond donors (Lipinski definition) is 0. The van der Waals surface area contributed by atoms with Gasteiger partial charge in [-0.3, -0.25) is 4.79 Å². The molecule has 5 aliphatic rings. The van der Waals surface area contributed by atoms with Crippen LogP contribution < -0.4 is 4.74 Å². The van der Waals surface area contributed by atoms with Crippen molar-refractivity contribution in [2.75, 3.05) is 0 Å². The molecule has 0 bridgehead atoms. The van der Waals surface area contributed by atoms with Gasteiger partial charge in [-0.15, -0.1) is 0 Å². The lowest BCUT2D eigenvalue weighted by atomic mass is 9.74. The molecular formula is C29H24O2. The smallest absolute Gasteiger partial charge is 0.163 e. The number of rotatable bonds is 1. The zero-order valence-electron chi connectivity index (χ0n) is 17.5. The van der Waals surface area contributed by atoms with Crippen LogP contribution in [0.5, 0.6) is 5.75 Å². The molecule has 2 heteroatoms. The molecule has 0 radical (unpaired) electrons. The van der Waals surface area contributed by atoms with Crippen LogP contribution in [0.4, 0.5) is 0 Å². The molecule has 0 saturated carbocycles. The molecule has 1 aliphatic heterocycles. The van der Waals surface area contributed by atoms with Gasteiger partial charge in [0.1, 0.15) is 11.9 Å². The normalized spacial score (nSPS) is 24.5. The van der Waals surface area contributed by atoms with Gasteiger partial charge in [0.15, 0.2) is 5.78 Å². The van der Waals surface area contributed by atoms with Crippen LogP contribution in [-0.4, -0.2) is 11.9 Å². The molecule has 1 heterocycles. The summed E-state index contributed by atoms with van der Waals surface area (Å²) in [6.45, 7) is 0. The highest BCUT2D eigenvalue weighted by Gasteiger charge is 2.36. The summed E-state index contributed by atoms with van der Waals surface area (Å²) in [6, 6.07) is 8.95. The van der Waals surface area contributed by atoms with Crippen LogP contribution in [-0.2, 0) is 24.1 Å². The van der Waals surface area contributed by atoms with Crippen molar-refractivity contribution in [3.05, 3.63) is 93.1 Å². The van der Waals surface area contributed by atoms with E-state index in [4.69, 9.17) is 4.74 Å². The standard InChI is InChI=1S/C29H24O2/c30-27-15-25-20-9-4-10-24(21(20)12-13-22(25)19-6-1-2-7-23(19)27)29-16-26-18-8-3-5-17(18)11-14-28(26)31-29/h1,3-4,6,8-9,11-14,24,29H,2,5,7,10,15-16H2. The molecule has 0 fully saturated rings. The minimum Gasteiger partial charge on any atom is -0.489 e. The van der Waals surface area contributed by atoms with E-state index in [-0.39, 0.29) is 6.10 Å². The largest absolute Gasteiger partial charge is 0.489 e. The second-order valence-electron chi connectivity index (χ2n) is 9.35. The summed E-state index contributed by atoms with van der Waals surface area (Å²) in [5, 5.41) is 0. The zero-order valence-corrected chi connectivity index (χ0v) is 17.5. The molecule has 152 valence electrons. The molecule has 0 amide bonds. The number of Topliss-reactive ketones (excluding diaryl/α,β-unsaturated/α-hetero) is 1. The van der Waals surface area contributed by atoms with Crippen molar-refractivity contribution in [1.29, 1.82) is 0 Å². The fourth-order valence-corrected chi connectivity index (χ4v) is 6.26. The average Bonchev–Trinajstić information content (AvgIpc) is 3.45. The lowest BCUT2D eigenvalue weighted by molar-refractivity contribution is -0.115. The summed E-state index contributed by atoms with van der Waals surface area (Å²) >= 11 is 0.